The predicted molar refractivity (Wildman–Crippen MR) is 84.8 cm³/mol. The number of carboxylic acid groups (broad SMARTS) is 1. The van der Waals surface area contributed by atoms with Gasteiger partial charge < -0.3 is 10.4 Å². The summed E-state index contributed by atoms with van der Waals surface area (Å²) in [5.74, 6) is 0.0263. The zero-order valence-corrected chi connectivity index (χ0v) is 13.2. The lowest BCUT2D eigenvalue weighted by Crippen LogP contribution is -2.31. The van der Waals surface area contributed by atoms with Crippen LogP contribution in [0.4, 0.5) is 5.69 Å². The quantitative estimate of drug-likeness (QED) is 0.785. The fourth-order valence-electron chi connectivity index (χ4n) is 2.93. The fourth-order valence-corrected chi connectivity index (χ4v) is 3.76. The van der Waals surface area contributed by atoms with E-state index in [4.69, 9.17) is 0 Å². The predicted octanol–water partition coefficient (Wildman–Crippen LogP) is 4.49. The van der Waals surface area contributed by atoms with Gasteiger partial charge in [0.1, 0.15) is 0 Å². The van der Waals surface area contributed by atoms with Gasteiger partial charge in [-0.05, 0) is 36.1 Å². The van der Waals surface area contributed by atoms with E-state index in [0.29, 0.717) is 11.6 Å². The number of rotatable bonds is 5. The number of carbonyl (C=O) groups is 1. The Morgan fingerprint density at radius 3 is 2.80 bits per heavy atom. The second-order valence-corrected chi connectivity index (χ2v) is 7.30. The van der Waals surface area contributed by atoms with Crippen molar-refractivity contribution < 1.29 is 9.90 Å². The van der Waals surface area contributed by atoms with Gasteiger partial charge in [0.2, 0.25) is 0 Å². The summed E-state index contributed by atoms with van der Waals surface area (Å²) < 4.78 is 0. The number of benzene rings is 1. The van der Waals surface area contributed by atoms with Gasteiger partial charge in [0.25, 0.3) is 0 Å². The molecule has 1 atom stereocenters. The smallest absolute Gasteiger partial charge is 0.338 e. The molecule has 0 aromatic heterocycles. The molecule has 1 aromatic carbocycles. The Labute approximate surface area is 125 Å². The molecule has 1 unspecified atom stereocenters. The van der Waals surface area contributed by atoms with Crippen molar-refractivity contribution in [1.82, 2.24) is 0 Å². The summed E-state index contributed by atoms with van der Waals surface area (Å²) in [7, 11) is 0. The van der Waals surface area contributed by atoms with Gasteiger partial charge in [-0.2, -0.15) is 0 Å². The number of nitrogens with one attached hydrogen (secondary N) is 1. The van der Waals surface area contributed by atoms with Gasteiger partial charge in [0, 0.05) is 10.9 Å². The van der Waals surface area contributed by atoms with Crippen molar-refractivity contribution in [1.29, 1.82) is 0 Å². The third-order valence-corrected chi connectivity index (χ3v) is 5.07. The van der Waals surface area contributed by atoms with E-state index >= 15 is 0 Å². The Bertz CT molecular complexity index is 499. The number of hydrogen-bond acceptors (Lipinski definition) is 3. The van der Waals surface area contributed by atoms with Crippen LogP contribution < -0.4 is 5.32 Å². The maximum Gasteiger partial charge on any atom is 0.338 e. The molecule has 0 radical (unpaired) electrons. The molecule has 0 heterocycles. The minimum atomic E-state index is -0.847. The third-order valence-electron chi connectivity index (χ3n) is 4.13. The van der Waals surface area contributed by atoms with Gasteiger partial charge in [-0.25, -0.2) is 4.79 Å². The molecule has 1 aliphatic carbocycles. The van der Waals surface area contributed by atoms with Crippen LogP contribution in [0.5, 0.6) is 0 Å². The van der Waals surface area contributed by atoms with E-state index in [1.54, 1.807) is 11.8 Å². The average Bonchev–Trinajstić information content (AvgIpc) is 2.69. The molecule has 1 aromatic rings. The van der Waals surface area contributed by atoms with E-state index in [-0.39, 0.29) is 5.41 Å². The highest BCUT2D eigenvalue weighted by Crippen LogP contribution is 2.40. The lowest BCUT2D eigenvalue weighted by Gasteiger charge is -2.29. The second kappa shape index (κ2) is 6.08. The molecule has 1 aliphatic rings. The zero-order chi connectivity index (χ0) is 14.8. The topological polar surface area (TPSA) is 49.3 Å². The highest BCUT2D eigenvalue weighted by Gasteiger charge is 2.35. The molecule has 20 heavy (non-hydrogen) atoms. The first kappa shape index (κ1) is 15.2. The Morgan fingerprint density at radius 2 is 2.25 bits per heavy atom. The Hall–Kier alpha value is -1.16. The summed E-state index contributed by atoms with van der Waals surface area (Å²) in [5.41, 5.74) is 1.40. The maximum absolute atomic E-state index is 11.6. The Balaban J connectivity index is 2.31. The van der Waals surface area contributed by atoms with Crippen molar-refractivity contribution in [3.63, 3.8) is 0 Å². The van der Waals surface area contributed by atoms with E-state index in [9.17, 15) is 9.90 Å². The van der Waals surface area contributed by atoms with Crippen LogP contribution in [0.15, 0.2) is 23.1 Å². The highest BCUT2D eigenvalue weighted by molar-refractivity contribution is 7.99. The molecule has 2 N–H and O–H groups in total. The molecule has 4 heteroatoms. The molecule has 0 aliphatic heterocycles. The first-order valence-corrected chi connectivity index (χ1v) is 8.20. The molecule has 3 nitrogen and oxygen atoms in total. The van der Waals surface area contributed by atoms with Gasteiger partial charge in [-0.3, -0.25) is 0 Å². The van der Waals surface area contributed by atoms with Crippen LogP contribution in [0.25, 0.3) is 0 Å². The van der Waals surface area contributed by atoms with Crippen LogP contribution in [0.2, 0.25) is 0 Å². The Morgan fingerprint density at radius 1 is 1.50 bits per heavy atom. The lowest BCUT2D eigenvalue weighted by molar-refractivity contribution is 0.0694. The summed E-state index contributed by atoms with van der Waals surface area (Å²) >= 11 is 1.58. The summed E-state index contributed by atoms with van der Waals surface area (Å²) in [6.07, 6.45) is 3.50. The van der Waals surface area contributed by atoms with Gasteiger partial charge >= 0.3 is 5.97 Å². The highest BCUT2D eigenvalue weighted by atomic mass is 32.2. The van der Waals surface area contributed by atoms with E-state index in [1.807, 2.05) is 25.1 Å². The maximum atomic E-state index is 11.6. The molecular weight excluding hydrogens is 270 g/mol. The fraction of sp³-hybridized carbons (Fsp3) is 0.562. The monoisotopic (exact) mass is 293 g/mol. The van der Waals surface area contributed by atoms with E-state index in [0.717, 1.165) is 22.8 Å². The van der Waals surface area contributed by atoms with Gasteiger partial charge in [0.05, 0.1) is 11.3 Å². The SMILES string of the molecule is CCSc1cccc(NC2CCCC2(C)C)c1C(=O)O. The van der Waals surface area contributed by atoms with Crippen LogP contribution in [0, 0.1) is 5.41 Å². The summed E-state index contributed by atoms with van der Waals surface area (Å²) in [6, 6.07) is 6.07. The molecule has 0 saturated heterocycles. The number of aromatic carboxylic acids is 1. The number of anilines is 1. The van der Waals surface area contributed by atoms with Crippen molar-refractivity contribution in [2.75, 3.05) is 11.1 Å². The summed E-state index contributed by atoms with van der Waals surface area (Å²) in [6.45, 7) is 6.54. The lowest BCUT2D eigenvalue weighted by atomic mass is 9.87. The molecule has 0 amide bonds. The van der Waals surface area contributed by atoms with E-state index in [2.05, 4.69) is 19.2 Å². The largest absolute Gasteiger partial charge is 0.478 e. The average molecular weight is 293 g/mol. The number of thioether (sulfide) groups is 1. The van der Waals surface area contributed by atoms with Crippen LogP contribution in [-0.4, -0.2) is 22.9 Å². The van der Waals surface area contributed by atoms with Crippen LogP contribution in [-0.2, 0) is 0 Å². The molecular formula is C16H23NO2S. The summed E-state index contributed by atoms with van der Waals surface area (Å²) in [5, 5.41) is 13.0. The van der Waals surface area contributed by atoms with Crippen molar-refractivity contribution in [3.8, 4) is 0 Å². The molecule has 2 rings (SSSR count). The normalized spacial score (nSPS) is 20.9. The molecule has 110 valence electrons. The van der Waals surface area contributed by atoms with Crippen molar-refractivity contribution in [2.24, 2.45) is 5.41 Å². The van der Waals surface area contributed by atoms with Crippen molar-refractivity contribution >= 4 is 23.4 Å². The van der Waals surface area contributed by atoms with Crippen molar-refractivity contribution in [2.45, 2.75) is 51.0 Å². The van der Waals surface area contributed by atoms with E-state index < -0.39 is 5.97 Å². The van der Waals surface area contributed by atoms with Crippen LogP contribution in [0.1, 0.15) is 50.4 Å². The minimum absolute atomic E-state index is 0.226. The summed E-state index contributed by atoms with van der Waals surface area (Å²) in [4.78, 5) is 12.4. The van der Waals surface area contributed by atoms with Gasteiger partial charge in [-0.15, -0.1) is 11.8 Å². The van der Waals surface area contributed by atoms with E-state index in [1.165, 1.54) is 12.8 Å². The van der Waals surface area contributed by atoms with Gasteiger partial charge in [-0.1, -0.05) is 33.3 Å². The number of carboxylic acids is 1. The van der Waals surface area contributed by atoms with Gasteiger partial charge in [0.15, 0.2) is 0 Å². The molecule has 1 saturated carbocycles. The minimum Gasteiger partial charge on any atom is -0.478 e. The zero-order valence-electron chi connectivity index (χ0n) is 12.4. The molecule has 0 spiro atoms. The first-order valence-electron chi connectivity index (χ1n) is 7.21. The van der Waals surface area contributed by atoms with Crippen LogP contribution >= 0.6 is 11.8 Å². The second-order valence-electron chi connectivity index (χ2n) is 5.99. The first-order chi connectivity index (χ1) is 9.45. The molecule has 0 bridgehead atoms. The molecule has 1 fully saturated rings. The third kappa shape index (κ3) is 3.11. The van der Waals surface area contributed by atoms with Crippen LogP contribution in [0.3, 0.4) is 0 Å². The Kier molecular flexibility index (Phi) is 4.63. The number of hydrogen-bond donors (Lipinski definition) is 2. The van der Waals surface area contributed by atoms with Crippen molar-refractivity contribution in [3.05, 3.63) is 23.8 Å². The standard InChI is InChI=1S/C16H23NO2S/c1-4-20-12-8-5-7-11(14(12)15(18)19)17-13-9-6-10-16(13,2)3/h5,7-8,13,17H,4,6,9-10H2,1-3H3,(H,18,19).